The van der Waals surface area contributed by atoms with Crippen LogP contribution < -0.4 is 5.32 Å². The Morgan fingerprint density at radius 2 is 2.07 bits per heavy atom. The summed E-state index contributed by atoms with van der Waals surface area (Å²) >= 11 is 6.28. The fourth-order valence-electron chi connectivity index (χ4n) is 4.25. The number of anilines is 1. The van der Waals surface area contributed by atoms with Crippen LogP contribution in [0.1, 0.15) is 43.2 Å². The molecular formula is C21H30ClN3O2. The fraction of sp³-hybridized carbons (Fsp3) is 0.619. The van der Waals surface area contributed by atoms with Gasteiger partial charge >= 0.3 is 0 Å². The van der Waals surface area contributed by atoms with Gasteiger partial charge in [-0.1, -0.05) is 17.7 Å². The minimum absolute atomic E-state index is 0.000646. The third kappa shape index (κ3) is 5.45. The summed E-state index contributed by atoms with van der Waals surface area (Å²) in [5.41, 5.74) is 2.80. The number of rotatable bonds is 6. The van der Waals surface area contributed by atoms with E-state index in [1.807, 2.05) is 30.9 Å². The highest BCUT2D eigenvalue weighted by Crippen LogP contribution is 2.27. The molecule has 0 radical (unpaired) electrons. The van der Waals surface area contributed by atoms with Gasteiger partial charge in [-0.25, -0.2) is 0 Å². The predicted octanol–water partition coefficient (Wildman–Crippen LogP) is 3.62. The highest BCUT2D eigenvalue weighted by Gasteiger charge is 2.26. The van der Waals surface area contributed by atoms with Gasteiger partial charge in [-0.2, -0.15) is 0 Å². The van der Waals surface area contributed by atoms with E-state index >= 15 is 0 Å². The molecule has 0 bridgehead atoms. The number of nitrogens with one attached hydrogen (secondary N) is 1. The van der Waals surface area contributed by atoms with Crippen LogP contribution in [0, 0.1) is 19.8 Å². The molecule has 2 fully saturated rings. The first-order valence-corrected chi connectivity index (χ1v) is 10.4. The van der Waals surface area contributed by atoms with Crippen molar-refractivity contribution in [3.05, 3.63) is 28.3 Å². The summed E-state index contributed by atoms with van der Waals surface area (Å²) in [5, 5.41) is 3.56. The highest BCUT2D eigenvalue weighted by molar-refractivity contribution is 6.34. The van der Waals surface area contributed by atoms with Crippen LogP contribution in [0.25, 0.3) is 0 Å². The number of benzene rings is 1. The van der Waals surface area contributed by atoms with Crippen molar-refractivity contribution in [1.82, 2.24) is 9.80 Å². The van der Waals surface area contributed by atoms with Gasteiger partial charge < -0.3 is 15.1 Å². The summed E-state index contributed by atoms with van der Waals surface area (Å²) in [6, 6.07) is 3.90. The average molecular weight is 392 g/mol. The largest absolute Gasteiger partial charge is 0.342 e. The predicted molar refractivity (Wildman–Crippen MR) is 109 cm³/mol. The van der Waals surface area contributed by atoms with Crippen molar-refractivity contribution in [2.75, 3.05) is 38.0 Å². The SMILES string of the molecule is Cc1cc(C)c(NC(=O)CCN2CCC[C@H](CN3CCCC3=O)C2)c(Cl)c1. The molecule has 2 aliphatic rings. The number of likely N-dealkylation sites (tertiary alicyclic amines) is 2. The minimum Gasteiger partial charge on any atom is -0.342 e. The van der Waals surface area contributed by atoms with E-state index in [-0.39, 0.29) is 5.91 Å². The maximum Gasteiger partial charge on any atom is 0.225 e. The molecule has 27 heavy (non-hydrogen) atoms. The second kappa shape index (κ2) is 9.07. The Labute approximate surface area is 167 Å². The molecule has 2 saturated heterocycles. The van der Waals surface area contributed by atoms with Crippen molar-refractivity contribution >= 4 is 29.1 Å². The Bertz CT molecular complexity index is 684. The topological polar surface area (TPSA) is 52.7 Å². The number of nitrogens with zero attached hydrogens (tertiary/aromatic N) is 2. The molecule has 1 aromatic carbocycles. The van der Waals surface area contributed by atoms with Crippen molar-refractivity contribution < 1.29 is 9.59 Å². The number of halogens is 1. The lowest BCUT2D eigenvalue weighted by Crippen LogP contribution is -2.42. The average Bonchev–Trinajstić information content (AvgIpc) is 3.01. The summed E-state index contributed by atoms with van der Waals surface area (Å²) in [6.07, 6.45) is 4.47. The molecule has 1 N–H and O–H groups in total. The Morgan fingerprint density at radius 1 is 1.26 bits per heavy atom. The van der Waals surface area contributed by atoms with E-state index in [1.54, 1.807) is 0 Å². The molecule has 1 atom stereocenters. The third-order valence-corrected chi connectivity index (χ3v) is 5.90. The molecule has 0 aliphatic carbocycles. The van der Waals surface area contributed by atoms with Gasteiger partial charge in [0.25, 0.3) is 0 Å². The van der Waals surface area contributed by atoms with Gasteiger partial charge in [-0.3, -0.25) is 9.59 Å². The Morgan fingerprint density at radius 3 is 2.78 bits per heavy atom. The number of amides is 2. The lowest BCUT2D eigenvalue weighted by molar-refractivity contribution is -0.128. The zero-order valence-electron chi connectivity index (χ0n) is 16.4. The third-order valence-electron chi connectivity index (χ3n) is 5.60. The molecule has 0 aromatic heterocycles. The van der Waals surface area contributed by atoms with Crippen LogP contribution in [-0.4, -0.2) is 54.3 Å². The number of aryl methyl sites for hydroxylation is 2. The minimum atomic E-state index is 0.000646. The fourth-order valence-corrected chi connectivity index (χ4v) is 4.62. The zero-order valence-corrected chi connectivity index (χ0v) is 17.1. The van der Waals surface area contributed by atoms with Crippen LogP contribution in [0.5, 0.6) is 0 Å². The molecule has 2 amide bonds. The number of hydrogen-bond acceptors (Lipinski definition) is 3. The van der Waals surface area contributed by atoms with Gasteiger partial charge in [0.1, 0.15) is 0 Å². The van der Waals surface area contributed by atoms with Gasteiger partial charge in [0.05, 0.1) is 10.7 Å². The molecule has 0 spiro atoms. The Hall–Kier alpha value is -1.59. The Kier molecular flexibility index (Phi) is 6.77. The van der Waals surface area contributed by atoms with E-state index in [2.05, 4.69) is 10.2 Å². The molecule has 0 unspecified atom stereocenters. The molecule has 5 nitrogen and oxygen atoms in total. The molecule has 1 aromatic rings. The van der Waals surface area contributed by atoms with Crippen LogP contribution in [0.2, 0.25) is 5.02 Å². The van der Waals surface area contributed by atoms with E-state index in [0.717, 1.165) is 62.4 Å². The van der Waals surface area contributed by atoms with Gasteiger partial charge in [-0.05, 0) is 62.8 Å². The summed E-state index contributed by atoms with van der Waals surface area (Å²) in [7, 11) is 0. The maximum absolute atomic E-state index is 12.4. The molecule has 2 aliphatic heterocycles. The summed E-state index contributed by atoms with van der Waals surface area (Å²) in [6.45, 7) is 8.49. The highest BCUT2D eigenvalue weighted by atomic mass is 35.5. The quantitative estimate of drug-likeness (QED) is 0.805. The van der Waals surface area contributed by atoms with Crippen LogP contribution in [-0.2, 0) is 9.59 Å². The lowest BCUT2D eigenvalue weighted by atomic mass is 9.97. The molecule has 148 valence electrons. The zero-order chi connectivity index (χ0) is 19.4. The monoisotopic (exact) mass is 391 g/mol. The molecule has 0 saturated carbocycles. The van der Waals surface area contributed by atoms with E-state index in [4.69, 9.17) is 11.6 Å². The van der Waals surface area contributed by atoms with Crippen molar-refractivity contribution in [1.29, 1.82) is 0 Å². The molecule has 6 heteroatoms. The summed E-state index contributed by atoms with van der Waals surface area (Å²) in [5.74, 6) is 0.829. The van der Waals surface area contributed by atoms with Gasteiger partial charge in [0, 0.05) is 39.0 Å². The van der Waals surface area contributed by atoms with Crippen molar-refractivity contribution in [2.45, 2.75) is 46.0 Å². The normalized spacial score (nSPS) is 20.9. The van der Waals surface area contributed by atoms with Crippen LogP contribution >= 0.6 is 11.6 Å². The van der Waals surface area contributed by atoms with E-state index in [1.165, 1.54) is 6.42 Å². The van der Waals surface area contributed by atoms with E-state index in [0.29, 0.717) is 29.7 Å². The smallest absolute Gasteiger partial charge is 0.225 e. The first-order valence-electron chi connectivity index (χ1n) is 9.99. The second-order valence-electron chi connectivity index (χ2n) is 7.99. The van der Waals surface area contributed by atoms with Gasteiger partial charge in [-0.15, -0.1) is 0 Å². The number of piperidine rings is 1. The van der Waals surface area contributed by atoms with Crippen LogP contribution in [0.4, 0.5) is 5.69 Å². The molecular weight excluding hydrogens is 362 g/mol. The van der Waals surface area contributed by atoms with Gasteiger partial charge in [0.15, 0.2) is 0 Å². The number of carbonyl (C=O) groups excluding carboxylic acids is 2. The van der Waals surface area contributed by atoms with E-state index < -0.39 is 0 Å². The Balaban J connectivity index is 1.46. The first kappa shape index (κ1) is 20.2. The maximum atomic E-state index is 12.4. The number of hydrogen-bond donors (Lipinski definition) is 1. The number of carbonyl (C=O) groups is 2. The van der Waals surface area contributed by atoms with Crippen molar-refractivity contribution in [3.63, 3.8) is 0 Å². The molecule has 3 rings (SSSR count). The second-order valence-corrected chi connectivity index (χ2v) is 8.40. The first-order chi connectivity index (χ1) is 12.9. The summed E-state index contributed by atoms with van der Waals surface area (Å²) < 4.78 is 0. The van der Waals surface area contributed by atoms with Crippen LogP contribution in [0.15, 0.2) is 12.1 Å². The van der Waals surface area contributed by atoms with Crippen molar-refractivity contribution in [3.8, 4) is 0 Å². The lowest BCUT2D eigenvalue weighted by Gasteiger charge is -2.34. The summed E-state index contributed by atoms with van der Waals surface area (Å²) in [4.78, 5) is 28.6. The standard InChI is InChI=1S/C21H30ClN3O2/c1-15-11-16(2)21(18(22)12-15)23-19(26)7-10-24-8-3-5-17(13-24)14-25-9-4-6-20(25)27/h11-12,17H,3-10,13-14H2,1-2H3,(H,23,26)/t17-/m0/s1. The van der Waals surface area contributed by atoms with E-state index in [9.17, 15) is 9.59 Å². The molecule has 2 heterocycles. The van der Waals surface area contributed by atoms with Gasteiger partial charge in [0.2, 0.25) is 11.8 Å². The van der Waals surface area contributed by atoms with Crippen molar-refractivity contribution in [2.24, 2.45) is 5.92 Å². The van der Waals surface area contributed by atoms with Crippen LogP contribution in [0.3, 0.4) is 0 Å².